The molecule has 0 aromatic rings. The Bertz CT molecular complexity index is 159. The van der Waals surface area contributed by atoms with E-state index in [9.17, 15) is 4.79 Å². The van der Waals surface area contributed by atoms with Crippen molar-refractivity contribution in [3.8, 4) is 0 Å². The highest BCUT2D eigenvalue weighted by Gasteiger charge is 2.08. The standard InChI is InChI=1S/C9H17NO3/c1-4-8(13-10-6-3)7-12-9(11)5-2/h5,8,10H,2,4,6-7H2,1,3H3. The quantitative estimate of drug-likeness (QED) is 0.367. The Morgan fingerprint density at radius 3 is 2.77 bits per heavy atom. The van der Waals surface area contributed by atoms with E-state index >= 15 is 0 Å². The van der Waals surface area contributed by atoms with E-state index in [4.69, 9.17) is 9.57 Å². The fraction of sp³-hybridized carbons (Fsp3) is 0.667. The molecular formula is C9H17NO3. The van der Waals surface area contributed by atoms with Gasteiger partial charge in [0.25, 0.3) is 0 Å². The van der Waals surface area contributed by atoms with Gasteiger partial charge in [0.05, 0.1) is 0 Å². The summed E-state index contributed by atoms with van der Waals surface area (Å²) in [6.07, 6.45) is 1.83. The van der Waals surface area contributed by atoms with Crippen LogP contribution in [0.25, 0.3) is 0 Å². The molecule has 4 nitrogen and oxygen atoms in total. The molecule has 0 bridgehead atoms. The molecule has 0 aromatic heterocycles. The van der Waals surface area contributed by atoms with Crippen LogP contribution in [0.2, 0.25) is 0 Å². The lowest BCUT2D eigenvalue weighted by molar-refractivity contribution is -0.144. The number of hydrogen-bond donors (Lipinski definition) is 1. The van der Waals surface area contributed by atoms with Crippen molar-refractivity contribution in [2.24, 2.45) is 0 Å². The minimum Gasteiger partial charge on any atom is -0.460 e. The Morgan fingerprint density at radius 2 is 2.31 bits per heavy atom. The van der Waals surface area contributed by atoms with Crippen molar-refractivity contribution in [3.63, 3.8) is 0 Å². The van der Waals surface area contributed by atoms with E-state index in [1.165, 1.54) is 0 Å². The molecule has 0 fully saturated rings. The monoisotopic (exact) mass is 187 g/mol. The van der Waals surface area contributed by atoms with Crippen LogP contribution in [0.1, 0.15) is 20.3 Å². The largest absolute Gasteiger partial charge is 0.460 e. The van der Waals surface area contributed by atoms with Crippen LogP contribution in [0, 0.1) is 0 Å². The van der Waals surface area contributed by atoms with Crippen molar-refractivity contribution in [1.82, 2.24) is 5.48 Å². The molecule has 0 amide bonds. The highest BCUT2D eigenvalue weighted by atomic mass is 16.7. The van der Waals surface area contributed by atoms with E-state index in [0.29, 0.717) is 0 Å². The number of hydroxylamine groups is 1. The second-order valence-corrected chi connectivity index (χ2v) is 2.48. The molecule has 13 heavy (non-hydrogen) atoms. The Kier molecular flexibility index (Phi) is 7.24. The molecule has 4 heteroatoms. The summed E-state index contributed by atoms with van der Waals surface area (Å²) in [5.74, 6) is -0.418. The zero-order valence-corrected chi connectivity index (χ0v) is 8.21. The number of ether oxygens (including phenoxy) is 1. The third-order valence-electron chi connectivity index (χ3n) is 1.43. The van der Waals surface area contributed by atoms with E-state index < -0.39 is 5.97 Å². The lowest BCUT2D eigenvalue weighted by Gasteiger charge is -2.14. The van der Waals surface area contributed by atoms with Crippen LogP contribution >= 0.6 is 0 Å². The number of hydrogen-bond acceptors (Lipinski definition) is 4. The summed E-state index contributed by atoms with van der Waals surface area (Å²) in [6, 6.07) is 0. The molecule has 0 saturated heterocycles. The van der Waals surface area contributed by atoms with Gasteiger partial charge in [-0.2, -0.15) is 0 Å². The van der Waals surface area contributed by atoms with Crippen LogP contribution in [0.5, 0.6) is 0 Å². The fourth-order valence-electron chi connectivity index (χ4n) is 0.670. The summed E-state index contributed by atoms with van der Waals surface area (Å²) in [5.41, 5.74) is 2.72. The molecule has 0 heterocycles. The SMILES string of the molecule is C=CC(=O)OCC(CC)ONCC. The number of rotatable bonds is 7. The van der Waals surface area contributed by atoms with E-state index in [-0.39, 0.29) is 12.7 Å². The van der Waals surface area contributed by atoms with Crippen molar-refractivity contribution < 1.29 is 14.4 Å². The maximum absolute atomic E-state index is 10.7. The van der Waals surface area contributed by atoms with E-state index in [0.717, 1.165) is 19.0 Å². The normalized spacial score (nSPS) is 12.2. The van der Waals surface area contributed by atoms with Crippen LogP contribution in [0.3, 0.4) is 0 Å². The lowest BCUT2D eigenvalue weighted by Crippen LogP contribution is -2.28. The third-order valence-corrected chi connectivity index (χ3v) is 1.43. The average molecular weight is 187 g/mol. The van der Waals surface area contributed by atoms with Gasteiger partial charge in [-0.1, -0.05) is 20.4 Å². The van der Waals surface area contributed by atoms with E-state index in [1.807, 2.05) is 13.8 Å². The van der Waals surface area contributed by atoms with Crippen LogP contribution in [-0.4, -0.2) is 25.2 Å². The molecule has 1 unspecified atom stereocenters. The number of esters is 1. The molecule has 0 aliphatic carbocycles. The highest BCUT2D eigenvalue weighted by molar-refractivity contribution is 5.81. The lowest BCUT2D eigenvalue weighted by atomic mass is 10.3. The fourth-order valence-corrected chi connectivity index (χ4v) is 0.670. The first-order valence-electron chi connectivity index (χ1n) is 4.42. The summed E-state index contributed by atoms with van der Waals surface area (Å²) < 4.78 is 4.82. The van der Waals surface area contributed by atoms with Crippen molar-refractivity contribution in [2.75, 3.05) is 13.2 Å². The van der Waals surface area contributed by atoms with Crippen molar-refractivity contribution in [1.29, 1.82) is 0 Å². The van der Waals surface area contributed by atoms with Gasteiger partial charge in [-0.05, 0) is 6.42 Å². The molecule has 0 saturated carbocycles. The molecule has 0 aromatic carbocycles. The van der Waals surface area contributed by atoms with Crippen LogP contribution in [-0.2, 0) is 14.4 Å². The maximum atomic E-state index is 10.7. The average Bonchev–Trinajstić information content (AvgIpc) is 2.17. The predicted octanol–water partition coefficient (Wildman–Crippen LogP) is 1.04. The Morgan fingerprint density at radius 1 is 1.62 bits per heavy atom. The Balaban J connectivity index is 3.58. The van der Waals surface area contributed by atoms with Gasteiger partial charge in [0.2, 0.25) is 0 Å². The van der Waals surface area contributed by atoms with Gasteiger partial charge in [0.1, 0.15) is 12.7 Å². The molecule has 0 spiro atoms. The molecule has 0 radical (unpaired) electrons. The molecule has 0 rings (SSSR count). The van der Waals surface area contributed by atoms with Crippen LogP contribution in [0.15, 0.2) is 12.7 Å². The Hall–Kier alpha value is -0.870. The molecule has 0 aliphatic heterocycles. The molecular weight excluding hydrogens is 170 g/mol. The first kappa shape index (κ1) is 12.1. The summed E-state index contributed by atoms with van der Waals surface area (Å²) >= 11 is 0. The van der Waals surface area contributed by atoms with Gasteiger partial charge in [0.15, 0.2) is 0 Å². The molecule has 1 atom stereocenters. The first-order chi connectivity index (χ1) is 6.24. The second-order valence-electron chi connectivity index (χ2n) is 2.48. The number of carbonyl (C=O) groups excluding carboxylic acids is 1. The van der Waals surface area contributed by atoms with Gasteiger partial charge in [-0.15, -0.1) is 0 Å². The van der Waals surface area contributed by atoms with Gasteiger partial charge in [0, 0.05) is 12.6 Å². The molecule has 1 N–H and O–H groups in total. The van der Waals surface area contributed by atoms with Crippen molar-refractivity contribution in [3.05, 3.63) is 12.7 Å². The summed E-state index contributed by atoms with van der Waals surface area (Å²) in [4.78, 5) is 15.9. The van der Waals surface area contributed by atoms with Crippen LogP contribution < -0.4 is 5.48 Å². The summed E-state index contributed by atoms with van der Waals surface area (Å²) in [7, 11) is 0. The van der Waals surface area contributed by atoms with Crippen molar-refractivity contribution >= 4 is 5.97 Å². The molecule has 0 aliphatic rings. The van der Waals surface area contributed by atoms with Gasteiger partial charge in [-0.3, -0.25) is 4.84 Å². The maximum Gasteiger partial charge on any atom is 0.330 e. The first-order valence-corrected chi connectivity index (χ1v) is 4.42. The highest BCUT2D eigenvalue weighted by Crippen LogP contribution is 1.97. The van der Waals surface area contributed by atoms with Crippen molar-refractivity contribution in [2.45, 2.75) is 26.4 Å². The van der Waals surface area contributed by atoms with Crippen LogP contribution in [0.4, 0.5) is 0 Å². The Labute approximate surface area is 78.9 Å². The number of nitrogens with one attached hydrogen (secondary N) is 1. The van der Waals surface area contributed by atoms with Gasteiger partial charge in [-0.25, -0.2) is 10.3 Å². The van der Waals surface area contributed by atoms with Gasteiger partial charge >= 0.3 is 5.97 Å². The van der Waals surface area contributed by atoms with E-state index in [2.05, 4.69) is 12.1 Å². The number of carbonyl (C=O) groups is 1. The predicted molar refractivity (Wildman–Crippen MR) is 50.0 cm³/mol. The minimum absolute atomic E-state index is 0.0937. The smallest absolute Gasteiger partial charge is 0.330 e. The topological polar surface area (TPSA) is 47.6 Å². The zero-order chi connectivity index (χ0) is 10.1. The zero-order valence-electron chi connectivity index (χ0n) is 8.21. The minimum atomic E-state index is -0.418. The van der Waals surface area contributed by atoms with E-state index in [1.54, 1.807) is 0 Å². The van der Waals surface area contributed by atoms with Gasteiger partial charge < -0.3 is 4.74 Å². The summed E-state index contributed by atoms with van der Waals surface area (Å²) in [6.45, 7) is 8.18. The second kappa shape index (κ2) is 7.76. The summed E-state index contributed by atoms with van der Waals surface area (Å²) in [5, 5.41) is 0. The molecule has 76 valence electrons. The third kappa shape index (κ3) is 6.31.